The summed E-state index contributed by atoms with van der Waals surface area (Å²) in [5.74, 6) is -1.57. The number of carbonyl (C=O) groups excluding carboxylic acids is 1. The van der Waals surface area contributed by atoms with Crippen LogP contribution >= 0.6 is 11.3 Å². The molecule has 1 amide bonds. The molecule has 98 valence electrons. The maximum Gasteiger partial charge on any atom is 0.345 e. The molecule has 0 radical (unpaired) electrons. The van der Waals surface area contributed by atoms with Gasteiger partial charge in [0, 0.05) is 5.69 Å². The Labute approximate surface area is 113 Å². The maximum absolute atomic E-state index is 11.5. The summed E-state index contributed by atoms with van der Waals surface area (Å²) in [6, 6.07) is 4.81. The first-order chi connectivity index (χ1) is 8.90. The Bertz CT molecular complexity index is 677. The van der Waals surface area contributed by atoms with Crippen LogP contribution in [0.3, 0.4) is 0 Å². The fourth-order valence-electron chi connectivity index (χ4n) is 1.66. The van der Waals surface area contributed by atoms with E-state index in [0.717, 1.165) is 22.6 Å². The number of carboxylic acid groups (broad SMARTS) is 1. The molecule has 19 heavy (non-hydrogen) atoms. The lowest BCUT2D eigenvalue weighted by molar-refractivity contribution is 0.0702. The Morgan fingerprint density at radius 1 is 1.32 bits per heavy atom. The number of hydrogen-bond donors (Lipinski definition) is 2. The zero-order valence-corrected chi connectivity index (χ0v) is 11.2. The Morgan fingerprint density at radius 3 is 2.53 bits per heavy atom. The van der Waals surface area contributed by atoms with Gasteiger partial charge in [0.15, 0.2) is 0 Å². The molecule has 2 rings (SSSR count). The van der Waals surface area contributed by atoms with Crippen molar-refractivity contribution in [1.82, 2.24) is 4.98 Å². The van der Waals surface area contributed by atoms with Gasteiger partial charge in [-0.2, -0.15) is 0 Å². The summed E-state index contributed by atoms with van der Waals surface area (Å²) in [5.41, 5.74) is 7.74. The molecule has 0 fully saturated rings. The van der Waals surface area contributed by atoms with Gasteiger partial charge in [-0.3, -0.25) is 9.78 Å². The monoisotopic (exact) mass is 276 g/mol. The molecular formula is C13H12N2O3S. The Balaban J connectivity index is 2.62. The Hall–Kier alpha value is -2.21. The third-order valence-corrected chi connectivity index (χ3v) is 3.86. The lowest BCUT2D eigenvalue weighted by Gasteiger charge is -2.07. The summed E-state index contributed by atoms with van der Waals surface area (Å²) in [7, 11) is 0. The van der Waals surface area contributed by atoms with Crippen molar-refractivity contribution < 1.29 is 14.7 Å². The predicted octanol–water partition coefficient (Wildman–Crippen LogP) is 2.22. The van der Waals surface area contributed by atoms with Gasteiger partial charge in [0.05, 0.1) is 16.1 Å². The van der Waals surface area contributed by atoms with Crippen LogP contribution in [-0.2, 0) is 0 Å². The summed E-state index contributed by atoms with van der Waals surface area (Å²) < 4.78 is 0. The third-order valence-electron chi connectivity index (χ3n) is 2.78. The standard InChI is InChI=1S/C13H12N2O3S/c1-6-5-8(12(14)16)11(15-7(6)2)9-3-4-10(19-9)13(17)18/h3-5H,1-2H3,(H2,14,16)(H,17,18). The zero-order chi connectivity index (χ0) is 14.2. The number of aromatic nitrogens is 1. The van der Waals surface area contributed by atoms with Crippen molar-refractivity contribution in [1.29, 1.82) is 0 Å². The smallest absolute Gasteiger partial charge is 0.345 e. The fourth-order valence-corrected chi connectivity index (χ4v) is 2.51. The number of pyridine rings is 1. The van der Waals surface area contributed by atoms with Crippen LogP contribution in [0.15, 0.2) is 18.2 Å². The van der Waals surface area contributed by atoms with Crippen LogP contribution in [0.4, 0.5) is 0 Å². The highest BCUT2D eigenvalue weighted by Crippen LogP contribution is 2.30. The number of nitrogens with zero attached hydrogens (tertiary/aromatic N) is 1. The van der Waals surface area contributed by atoms with E-state index in [4.69, 9.17) is 10.8 Å². The van der Waals surface area contributed by atoms with E-state index in [1.165, 1.54) is 6.07 Å². The number of hydrogen-bond acceptors (Lipinski definition) is 4. The summed E-state index contributed by atoms with van der Waals surface area (Å²) in [6.45, 7) is 3.67. The largest absolute Gasteiger partial charge is 0.477 e. The maximum atomic E-state index is 11.5. The second-order valence-electron chi connectivity index (χ2n) is 4.12. The van der Waals surface area contributed by atoms with Crippen molar-refractivity contribution in [3.8, 4) is 10.6 Å². The van der Waals surface area contributed by atoms with Gasteiger partial charge in [-0.25, -0.2) is 4.79 Å². The van der Waals surface area contributed by atoms with Gasteiger partial charge >= 0.3 is 5.97 Å². The second kappa shape index (κ2) is 4.81. The number of nitrogens with two attached hydrogens (primary N) is 1. The van der Waals surface area contributed by atoms with Crippen LogP contribution in [0.1, 0.15) is 31.3 Å². The predicted molar refractivity (Wildman–Crippen MR) is 72.5 cm³/mol. The first kappa shape index (κ1) is 13.2. The first-order valence-electron chi connectivity index (χ1n) is 5.51. The summed E-state index contributed by atoms with van der Waals surface area (Å²) >= 11 is 1.07. The molecular weight excluding hydrogens is 264 g/mol. The highest BCUT2D eigenvalue weighted by Gasteiger charge is 2.17. The summed E-state index contributed by atoms with van der Waals surface area (Å²) in [5, 5.41) is 8.92. The molecule has 0 aromatic carbocycles. The number of amides is 1. The number of carboxylic acids is 1. The molecule has 2 heterocycles. The van der Waals surface area contributed by atoms with Crippen LogP contribution in [0.5, 0.6) is 0 Å². The molecule has 2 aromatic heterocycles. The van der Waals surface area contributed by atoms with Gasteiger partial charge in [0.2, 0.25) is 0 Å². The molecule has 0 spiro atoms. The first-order valence-corrected chi connectivity index (χ1v) is 6.33. The average molecular weight is 276 g/mol. The van der Waals surface area contributed by atoms with Crippen LogP contribution in [0, 0.1) is 13.8 Å². The van der Waals surface area contributed by atoms with E-state index in [2.05, 4.69) is 4.98 Å². The minimum Gasteiger partial charge on any atom is -0.477 e. The van der Waals surface area contributed by atoms with Crippen molar-refractivity contribution in [3.05, 3.63) is 39.9 Å². The number of thiophene rings is 1. The molecule has 0 aliphatic rings. The molecule has 0 aliphatic heterocycles. The molecule has 6 heteroatoms. The van der Waals surface area contributed by atoms with E-state index >= 15 is 0 Å². The molecule has 0 unspecified atom stereocenters. The highest BCUT2D eigenvalue weighted by atomic mass is 32.1. The van der Waals surface area contributed by atoms with Crippen LogP contribution in [0.25, 0.3) is 10.6 Å². The molecule has 0 atom stereocenters. The topological polar surface area (TPSA) is 93.3 Å². The SMILES string of the molecule is Cc1cc(C(N)=O)c(-c2ccc(C(=O)O)s2)nc1C. The normalized spacial score (nSPS) is 10.4. The van der Waals surface area contributed by atoms with E-state index in [-0.39, 0.29) is 4.88 Å². The lowest BCUT2D eigenvalue weighted by atomic mass is 10.1. The van der Waals surface area contributed by atoms with Gasteiger partial charge in [0.25, 0.3) is 5.91 Å². The van der Waals surface area contributed by atoms with E-state index in [0.29, 0.717) is 16.1 Å². The number of aromatic carboxylic acids is 1. The highest BCUT2D eigenvalue weighted by molar-refractivity contribution is 7.17. The van der Waals surface area contributed by atoms with Gasteiger partial charge < -0.3 is 10.8 Å². The number of aryl methyl sites for hydroxylation is 2. The number of carbonyl (C=O) groups is 2. The summed E-state index contributed by atoms with van der Waals surface area (Å²) in [6.07, 6.45) is 0. The van der Waals surface area contributed by atoms with Gasteiger partial charge in [0.1, 0.15) is 4.88 Å². The van der Waals surface area contributed by atoms with E-state index in [1.54, 1.807) is 12.1 Å². The second-order valence-corrected chi connectivity index (χ2v) is 5.20. The van der Waals surface area contributed by atoms with Crippen molar-refractivity contribution >= 4 is 23.2 Å². The van der Waals surface area contributed by atoms with E-state index < -0.39 is 11.9 Å². The average Bonchev–Trinajstić information content (AvgIpc) is 2.81. The van der Waals surface area contributed by atoms with Gasteiger partial charge in [-0.1, -0.05) is 0 Å². The van der Waals surface area contributed by atoms with Crippen molar-refractivity contribution in [2.75, 3.05) is 0 Å². The number of rotatable bonds is 3. The molecule has 0 saturated heterocycles. The van der Waals surface area contributed by atoms with Crippen molar-refractivity contribution in [3.63, 3.8) is 0 Å². The number of primary amides is 1. The van der Waals surface area contributed by atoms with E-state index in [9.17, 15) is 9.59 Å². The summed E-state index contributed by atoms with van der Waals surface area (Å²) in [4.78, 5) is 27.5. The molecule has 3 N–H and O–H groups in total. The van der Waals surface area contributed by atoms with Crippen molar-refractivity contribution in [2.45, 2.75) is 13.8 Å². The fraction of sp³-hybridized carbons (Fsp3) is 0.154. The minimum atomic E-state index is -0.999. The quantitative estimate of drug-likeness (QED) is 0.898. The molecule has 0 saturated carbocycles. The molecule has 2 aromatic rings. The lowest BCUT2D eigenvalue weighted by Crippen LogP contribution is -2.14. The molecule has 0 aliphatic carbocycles. The van der Waals surface area contributed by atoms with Crippen LogP contribution < -0.4 is 5.73 Å². The minimum absolute atomic E-state index is 0.199. The third kappa shape index (κ3) is 2.48. The van der Waals surface area contributed by atoms with Gasteiger partial charge in [-0.15, -0.1) is 11.3 Å². The Morgan fingerprint density at radius 2 is 2.00 bits per heavy atom. The zero-order valence-electron chi connectivity index (χ0n) is 10.4. The molecule has 5 nitrogen and oxygen atoms in total. The van der Waals surface area contributed by atoms with Crippen LogP contribution in [0.2, 0.25) is 0 Å². The van der Waals surface area contributed by atoms with Gasteiger partial charge in [-0.05, 0) is 37.6 Å². The van der Waals surface area contributed by atoms with Crippen LogP contribution in [-0.4, -0.2) is 22.0 Å². The van der Waals surface area contributed by atoms with E-state index in [1.807, 2.05) is 13.8 Å². The Kier molecular flexibility index (Phi) is 3.35. The van der Waals surface area contributed by atoms with Crippen molar-refractivity contribution in [2.24, 2.45) is 5.73 Å². The molecule has 0 bridgehead atoms.